The average Bonchev–Trinajstić information content (AvgIpc) is 2.67. The Morgan fingerprint density at radius 2 is 2.14 bits per heavy atom. The number of methoxy groups -OCH3 is 1. The van der Waals surface area contributed by atoms with Crippen LogP contribution in [0.2, 0.25) is 0 Å². The van der Waals surface area contributed by atoms with Gasteiger partial charge < -0.3 is 15.2 Å². The van der Waals surface area contributed by atoms with E-state index in [1.165, 1.54) is 31.0 Å². The van der Waals surface area contributed by atoms with Crippen molar-refractivity contribution in [3.8, 4) is 5.75 Å². The van der Waals surface area contributed by atoms with Crippen LogP contribution in [0.25, 0.3) is 0 Å². The fraction of sp³-hybridized carbons (Fsp3) is 0.550. The van der Waals surface area contributed by atoms with E-state index in [1.54, 1.807) is 7.11 Å². The first-order valence-electron chi connectivity index (χ1n) is 9.48. The number of aliphatic carboxylic acids is 1. The standard InChI is InChI=1S/C20H29N3O3S2/c1-13-6-4-5-7-17(13)21-20(27)23-22-14(2)15-8-9-18(26-3)16(10-15)11-28-12-19(24)25/h8-10,13,17H,4-7,11-12H2,1-3H3,(H,24,25)(H2,21,23,27)/b22-14-/t13-,17-/m0/s1. The molecule has 2 atom stereocenters. The Hall–Kier alpha value is -1.80. The van der Waals surface area contributed by atoms with Crippen LogP contribution in [-0.4, -0.2) is 40.8 Å². The van der Waals surface area contributed by atoms with Crippen molar-refractivity contribution in [3.05, 3.63) is 29.3 Å². The van der Waals surface area contributed by atoms with Gasteiger partial charge >= 0.3 is 5.97 Å². The summed E-state index contributed by atoms with van der Waals surface area (Å²) >= 11 is 6.73. The number of benzene rings is 1. The van der Waals surface area contributed by atoms with E-state index in [0.717, 1.165) is 29.0 Å². The highest BCUT2D eigenvalue weighted by Gasteiger charge is 2.21. The van der Waals surface area contributed by atoms with Gasteiger partial charge in [0, 0.05) is 17.4 Å². The second-order valence-electron chi connectivity index (χ2n) is 7.06. The van der Waals surface area contributed by atoms with Crippen LogP contribution in [0, 0.1) is 5.92 Å². The summed E-state index contributed by atoms with van der Waals surface area (Å²) in [6, 6.07) is 6.20. The molecule has 0 radical (unpaired) electrons. The molecule has 0 aromatic heterocycles. The molecule has 6 nitrogen and oxygen atoms in total. The third-order valence-corrected chi connectivity index (χ3v) is 6.11. The van der Waals surface area contributed by atoms with E-state index in [2.05, 4.69) is 22.8 Å². The molecule has 0 unspecified atom stereocenters. The van der Waals surface area contributed by atoms with Crippen LogP contribution in [0.3, 0.4) is 0 Å². The maximum atomic E-state index is 10.7. The van der Waals surface area contributed by atoms with Gasteiger partial charge in [-0.25, -0.2) is 0 Å². The number of thiocarbonyl (C=S) groups is 1. The van der Waals surface area contributed by atoms with Crippen LogP contribution in [0.1, 0.15) is 50.7 Å². The Balaban J connectivity index is 1.98. The van der Waals surface area contributed by atoms with Crippen molar-refractivity contribution in [2.45, 2.75) is 51.3 Å². The molecule has 0 heterocycles. The number of nitrogens with zero attached hydrogens (tertiary/aromatic N) is 1. The van der Waals surface area contributed by atoms with Gasteiger partial charge in [0.05, 0.1) is 18.6 Å². The molecule has 0 bridgehead atoms. The summed E-state index contributed by atoms with van der Waals surface area (Å²) in [6.07, 6.45) is 4.90. The molecule has 3 N–H and O–H groups in total. The van der Waals surface area contributed by atoms with Gasteiger partial charge in [0.15, 0.2) is 5.11 Å². The van der Waals surface area contributed by atoms with Gasteiger partial charge in [-0.2, -0.15) is 5.10 Å². The highest BCUT2D eigenvalue weighted by molar-refractivity contribution is 7.99. The molecule has 28 heavy (non-hydrogen) atoms. The molecule has 0 spiro atoms. The maximum absolute atomic E-state index is 10.7. The highest BCUT2D eigenvalue weighted by atomic mass is 32.2. The molecular weight excluding hydrogens is 394 g/mol. The fourth-order valence-electron chi connectivity index (χ4n) is 3.30. The number of thioether (sulfide) groups is 1. The van der Waals surface area contributed by atoms with Crippen molar-refractivity contribution in [1.29, 1.82) is 0 Å². The number of carbonyl (C=O) groups is 1. The molecule has 0 amide bonds. The van der Waals surface area contributed by atoms with Gasteiger partial charge in [-0.05, 0) is 61.7 Å². The minimum absolute atomic E-state index is 0.0571. The summed E-state index contributed by atoms with van der Waals surface area (Å²) in [4.78, 5) is 10.7. The molecule has 1 saturated carbocycles. The summed E-state index contributed by atoms with van der Waals surface area (Å²) in [5.74, 6) is 1.15. The lowest BCUT2D eigenvalue weighted by Gasteiger charge is -2.30. The monoisotopic (exact) mass is 423 g/mol. The quantitative estimate of drug-likeness (QED) is 0.333. The first-order chi connectivity index (χ1) is 13.4. The second kappa shape index (κ2) is 11.3. The molecule has 0 saturated heterocycles. The Morgan fingerprint density at radius 1 is 1.39 bits per heavy atom. The summed E-state index contributed by atoms with van der Waals surface area (Å²) in [6.45, 7) is 4.17. The van der Waals surface area contributed by atoms with Gasteiger partial charge in [0.25, 0.3) is 0 Å². The summed E-state index contributed by atoms with van der Waals surface area (Å²) in [5.41, 5.74) is 5.63. The Morgan fingerprint density at radius 3 is 2.82 bits per heavy atom. The Kier molecular flexibility index (Phi) is 9.05. The molecule has 154 valence electrons. The van der Waals surface area contributed by atoms with Gasteiger partial charge in [-0.1, -0.05) is 19.8 Å². The van der Waals surface area contributed by atoms with E-state index in [4.69, 9.17) is 22.1 Å². The van der Waals surface area contributed by atoms with Crippen molar-refractivity contribution >= 4 is 40.8 Å². The lowest BCUT2D eigenvalue weighted by Crippen LogP contribution is -2.44. The van der Waals surface area contributed by atoms with E-state index in [1.807, 2.05) is 25.1 Å². The predicted octanol–water partition coefficient (Wildman–Crippen LogP) is 3.78. The summed E-state index contributed by atoms with van der Waals surface area (Å²) in [5, 5.41) is 17.2. The average molecular weight is 424 g/mol. The third kappa shape index (κ3) is 6.98. The number of hydrogen-bond acceptors (Lipinski definition) is 5. The van der Waals surface area contributed by atoms with Crippen molar-refractivity contribution in [1.82, 2.24) is 10.7 Å². The highest BCUT2D eigenvalue weighted by Crippen LogP contribution is 2.25. The second-order valence-corrected chi connectivity index (χ2v) is 8.46. The van der Waals surface area contributed by atoms with Crippen molar-refractivity contribution in [2.75, 3.05) is 12.9 Å². The Bertz CT molecular complexity index is 725. The smallest absolute Gasteiger partial charge is 0.313 e. The normalized spacial score (nSPS) is 19.8. The minimum atomic E-state index is -0.824. The molecular formula is C20H29N3O3S2. The Labute approximate surface area is 176 Å². The first-order valence-corrected chi connectivity index (χ1v) is 11.0. The lowest BCUT2D eigenvalue weighted by atomic mass is 9.86. The largest absolute Gasteiger partial charge is 0.496 e. The first kappa shape index (κ1) is 22.5. The van der Waals surface area contributed by atoms with E-state index in [0.29, 0.717) is 22.8 Å². The van der Waals surface area contributed by atoms with E-state index >= 15 is 0 Å². The molecule has 1 aromatic rings. The molecule has 1 aliphatic carbocycles. The maximum Gasteiger partial charge on any atom is 0.313 e. The molecule has 1 fully saturated rings. The molecule has 2 rings (SSSR count). The van der Waals surface area contributed by atoms with Crippen LogP contribution < -0.4 is 15.5 Å². The number of ether oxygens (including phenoxy) is 1. The zero-order valence-corrected chi connectivity index (χ0v) is 18.3. The summed E-state index contributed by atoms with van der Waals surface area (Å²) in [7, 11) is 1.61. The number of carboxylic acid groups (broad SMARTS) is 1. The number of hydrazone groups is 1. The van der Waals surface area contributed by atoms with Crippen LogP contribution in [-0.2, 0) is 10.5 Å². The van der Waals surface area contributed by atoms with Gasteiger partial charge in [-0.3, -0.25) is 10.2 Å². The topological polar surface area (TPSA) is 83.0 Å². The molecule has 8 heteroatoms. The fourth-order valence-corrected chi connectivity index (χ4v) is 4.21. The molecule has 0 aliphatic heterocycles. The van der Waals surface area contributed by atoms with Gasteiger partial charge in [-0.15, -0.1) is 11.8 Å². The van der Waals surface area contributed by atoms with Crippen LogP contribution in [0.4, 0.5) is 0 Å². The predicted molar refractivity (Wildman–Crippen MR) is 119 cm³/mol. The minimum Gasteiger partial charge on any atom is -0.496 e. The SMILES string of the molecule is COc1ccc(/C(C)=N\NC(=S)N[C@H]2CCCC[C@@H]2C)cc1CSCC(=O)O. The van der Waals surface area contributed by atoms with Crippen LogP contribution >= 0.6 is 24.0 Å². The zero-order valence-electron chi connectivity index (χ0n) is 16.7. The van der Waals surface area contributed by atoms with E-state index in [-0.39, 0.29) is 5.75 Å². The van der Waals surface area contributed by atoms with E-state index in [9.17, 15) is 4.79 Å². The third-order valence-electron chi connectivity index (χ3n) is 4.93. The molecule has 1 aliphatic rings. The lowest BCUT2D eigenvalue weighted by molar-refractivity contribution is -0.133. The zero-order chi connectivity index (χ0) is 20.5. The van der Waals surface area contributed by atoms with Gasteiger partial charge in [0.1, 0.15) is 5.75 Å². The van der Waals surface area contributed by atoms with Crippen molar-refractivity contribution < 1.29 is 14.6 Å². The van der Waals surface area contributed by atoms with Crippen molar-refractivity contribution in [3.63, 3.8) is 0 Å². The number of rotatable bonds is 8. The van der Waals surface area contributed by atoms with E-state index < -0.39 is 5.97 Å². The van der Waals surface area contributed by atoms with Crippen molar-refractivity contribution in [2.24, 2.45) is 11.0 Å². The van der Waals surface area contributed by atoms with Crippen LogP contribution in [0.5, 0.6) is 5.75 Å². The molecule has 1 aromatic carbocycles. The number of nitrogens with one attached hydrogen (secondary N) is 2. The van der Waals surface area contributed by atoms with Crippen LogP contribution in [0.15, 0.2) is 23.3 Å². The summed E-state index contributed by atoms with van der Waals surface area (Å²) < 4.78 is 5.38. The number of hydrogen-bond donors (Lipinski definition) is 3. The van der Waals surface area contributed by atoms with Gasteiger partial charge in [0.2, 0.25) is 0 Å². The number of carboxylic acids is 1.